The lowest BCUT2D eigenvalue weighted by Gasteiger charge is -2.20. The van der Waals surface area contributed by atoms with Crippen molar-refractivity contribution in [3.63, 3.8) is 0 Å². The molecule has 0 unspecified atom stereocenters. The van der Waals surface area contributed by atoms with Crippen molar-refractivity contribution < 1.29 is 18.3 Å². The summed E-state index contributed by atoms with van der Waals surface area (Å²) in [5, 5.41) is 9.71. The van der Waals surface area contributed by atoms with Crippen molar-refractivity contribution in [3.05, 3.63) is 89.6 Å². The Bertz CT molecular complexity index is 1360. The zero-order chi connectivity index (χ0) is 24.2. The van der Waals surface area contributed by atoms with Crippen molar-refractivity contribution in [2.75, 3.05) is 13.1 Å². The molecule has 0 spiro atoms. The van der Waals surface area contributed by atoms with Gasteiger partial charge in [-0.25, -0.2) is 13.6 Å². The highest BCUT2D eigenvalue weighted by atomic mass is 19.1. The van der Waals surface area contributed by atoms with Crippen LogP contribution in [0.15, 0.2) is 66.9 Å². The van der Waals surface area contributed by atoms with Crippen molar-refractivity contribution in [1.29, 1.82) is 5.26 Å². The zero-order valence-corrected chi connectivity index (χ0v) is 18.9. The van der Waals surface area contributed by atoms with E-state index in [1.165, 1.54) is 17.0 Å². The summed E-state index contributed by atoms with van der Waals surface area (Å²) < 4.78 is 35.9. The minimum atomic E-state index is -0.718. The van der Waals surface area contributed by atoms with Gasteiger partial charge in [0.15, 0.2) is 0 Å². The highest BCUT2D eigenvalue weighted by molar-refractivity contribution is 5.99. The molecule has 0 aliphatic heterocycles. The summed E-state index contributed by atoms with van der Waals surface area (Å²) in [6, 6.07) is 18.0. The number of hydrogen-bond donors (Lipinski definition) is 0. The summed E-state index contributed by atoms with van der Waals surface area (Å²) >= 11 is 0. The minimum Gasteiger partial charge on any atom is -0.410 e. The smallest absolute Gasteiger partial charge is 0.410 e. The number of nitriles is 1. The summed E-state index contributed by atoms with van der Waals surface area (Å²) in [6.07, 6.45) is 1.34. The van der Waals surface area contributed by atoms with Crippen LogP contribution in [0.1, 0.15) is 25.0 Å². The van der Waals surface area contributed by atoms with E-state index in [2.05, 4.69) is 6.07 Å². The van der Waals surface area contributed by atoms with Crippen molar-refractivity contribution in [2.24, 2.45) is 0 Å². The first-order valence-corrected chi connectivity index (χ1v) is 11.0. The van der Waals surface area contributed by atoms with E-state index in [4.69, 9.17) is 10.00 Å². The first-order chi connectivity index (χ1) is 16.4. The van der Waals surface area contributed by atoms with Gasteiger partial charge >= 0.3 is 6.09 Å². The number of ether oxygens (including phenoxy) is 1. The third-order valence-electron chi connectivity index (χ3n) is 5.72. The van der Waals surface area contributed by atoms with Gasteiger partial charge in [0, 0.05) is 48.4 Å². The van der Waals surface area contributed by atoms with Gasteiger partial charge in [-0.3, -0.25) is 0 Å². The second kappa shape index (κ2) is 9.75. The minimum absolute atomic E-state index is 0.227. The monoisotopic (exact) mass is 459 g/mol. The maximum atomic E-state index is 14.1. The molecule has 172 valence electrons. The van der Waals surface area contributed by atoms with Gasteiger partial charge in [-0.1, -0.05) is 12.1 Å². The molecule has 1 aromatic heterocycles. The van der Waals surface area contributed by atoms with E-state index >= 15 is 0 Å². The molecule has 7 heteroatoms. The number of halogens is 2. The molecule has 0 saturated heterocycles. The van der Waals surface area contributed by atoms with Crippen molar-refractivity contribution in [1.82, 2.24) is 9.47 Å². The summed E-state index contributed by atoms with van der Waals surface area (Å²) in [7, 11) is 0. The van der Waals surface area contributed by atoms with Crippen LogP contribution in [0.3, 0.4) is 0 Å². The van der Waals surface area contributed by atoms with Gasteiger partial charge < -0.3 is 14.2 Å². The standard InChI is InChI=1S/C27H23F2N3O2/c1-3-31(4-2)27(33)34-25-10-9-24-23(26(25)20-13-21(28)15-22(29)14-20)11-12-32(24)17-19-7-5-18(16-30)6-8-19/h5-15H,3-4,17H2,1-2H3. The Morgan fingerprint density at radius 2 is 1.68 bits per heavy atom. The lowest BCUT2D eigenvalue weighted by Crippen LogP contribution is -2.33. The maximum absolute atomic E-state index is 14.1. The van der Waals surface area contributed by atoms with E-state index in [1.807, 2.05) is 48.9 Å². The van der Waals surface area contributed by atoms with Crippen molar-refractivity contribution in [3.8, 4) is 22.9 Å². The molecule has 4 aromatic rings. The van der Waals surface area contributed by atoms with Crippen molar-refractivity contribution in [2.45, 2.75) is 20.4 Å². The molecular weight excluding hydrogens is 436 g/mol. The van der Waals surface area contributed by atoms with Gasteiger partial charge in [-0.05, 0) is 67.4 Å². The number of amides is 1. The molecule has 0 saturated carbocycles. The molecule has 5 nitrogen and oxygen atoms in total. The van der Waals surface area contributed by atoms with Gasteiger partial charge in [-0.15, -0.1) is 0 Å². The van der Waals surface area contributed by atoms with Crippen LogP contribution in [-0.4, -0.2) is 28.6 Å². The van der Waals surface area contributed by atoms with E-state index in [1.54, 1.807) is 18.2 Å². The first kappa shape index (κ1) is 23.0. The van der Waals surface area contributed by atoms with Crippen LogP contribution >= 0.6 is 0 Å². The first-order valence-electron chi connectivity index (χ1n) is 11.0. The Morgan fingerprint density at radius 1 is 1.00 bits per heavy atom. The molecule has 0 bridgehead atoms. The Balaban J connectivity index is 1.82. The molecule has 4 rings (SSSR count). The Kier molecular flexibility index (Phi) is 6.60. The molecule has 0 aliphatic carbocycles. The second-order valence-electron chi connectivity index (χ2n) is 7.82. The number of benzene rings is 3. The summed E-state index contributed by atoms with van der Waals surface area (Å²) in [4.78, 5) is 14.2. The average Bonchev–Trinajstić information content (AvgIpc) is 3.22. The van der Waals surface area contributed by atoms with Crippen LogP contribution in [0.5, 0.6) is 5.75 Å². The van der Waals surface area contributed by atoms with Crippen LogP contribution < -0.4 is 4.74 Å². The molecule has 0 aliphatic rings. The Labute approximate surface area is 196 Å². The number of aromatic nitrogens is 1. The predicted octanol–water partition coefficient (Wildman–Crippen LogP) is 6.35. The number of nitrogens with zero attached hydrogens (tertiary/aromatic N) is 3. The average molecular weight is 459 g/mol. The van der Waals surface area contributed by atoms with Gasteiger partial charge in [0.05, 0.1) is 11.6 Å². The molecule has 1 heterocycles. The summed E-state index contributed by atoms with van der Waals surface area (Å²) in [6.45, 7) is 5.18. The van der Waals surface area contributed by atoms with E-state index in [-0.39, 0.29) is 11.3 Å². The fourth-order valence-corrected chi connectivity index (χ4v) is 3.99. The molecule has 1 amide bonds. The molecule has 0 radical (unpaired) electrons. The highest BCUT2D eigenvalue weighted by Crippen LogP contribution is 2.39. The number of hydrogen-bond acceptors (Lipinski definition) is 3. The van der Waals surface area contributed by atoms with E-state index in [0.29, 0.717) is 36.1 Å². The summed E-state index contributed by atoms with van der Waals surface area (Å²) in [5.74, 6) is -1.21. The molecule has 3 aromatic carbocycles. The quantitative estimate of drug-likeness (QED) is 0.338. The molecular formula is C27H23F2N3O2. The van der Waals surface area contributed by atoms with Gasteiger partial charge in [0.25, 0.3) is 0 Å². The van der Waals surface area contributed by atoms with Crippen molar-refractivity contribution >= 4 is 17.0 Å². The van der Waals surface area contributed by atoms with E-state index < -0.39 is 17.7 Å². The largest absolute Gasteiger partial charge is 0.415 e. The lowest BCUT2D eigenvalue weighted by atomic mass is 10.00. The van der Waals surface area contributed by atoms with Crippen LogP contribution in [0.2, 0.25) is 0 Å². The third-order valence-corrected chi connectivity index (χ3v) is 5.72. The number of carbonyl (C=O) groups is 1. The highest BCUT2D eigenvalue weighted by Gasteiger charge is 2.20. The fourth-order valence-electron chi connectivity index (χ4n) is 3.99. The lowest BCUT2D eigenvalue weighted by molar-refractivity contribution is 0.157. The van der Waals surface area contributed by atoms with Crippen LogP contribution in [0.25, 0.3) is 22.0 Å². The number of carbonyl (C=O) groups excluding carboxylic acids is 1. The normalized spacial score (nSPS) is 10.8. The number of fused-ring (bicyclic) bond motifs is 1. The van der Waals surface area contributed by atoms with Gasteiger partial charge in [0.1, 0.15) is 17.4 Å². The molecule has 34 heavy (non-hydrogen) atoms. The maximum Gasteiger partial charge on any atom is 0.415 e. The van der Waals surface area contributed by atoms with Gasteiger partial charge in [0.2, 0.25) is 0 Å². The molecule has 0 atom stereocenters. The van der Waals surface area contributed by atoms with Crippen LogP contribution in [-0.2, 0) is 6.54 Å². The van der Waals surface area contributed by atoms with Crippen LogP contribution in [0.4, 0.5) is 13.6 Å². The van der Waals surface area contributed by atoms with E-state index in [0.717, 1.165) is 17.1 Å². The molecule has 0 N–H and O–H groups in total. The summed E-state index contributed by atoms with van der Waals surface area (Å²) in [5.41, 5.74) is 3.10. The molecule has 0 fully saturated rings. The van der Waals surface area contributed by atoms with Gasteiger partial charge in [-0.2, -0.15) is 5.26 Å². The topological polar surface area (TPSA) is 58.3 Å². The van der Waals surface area contributed by atoms with Crippen LogP contribution in [0, 0.1) is 23.0 Å². The van der Waals surface area contributed by atoms with E-state index in [9.17, 15) is 13.6 Å². The Hall–Kier alpha value is -4.18. The Morgan fingerprint density at radius 3 is 2.29 bits per heavy atom. The zero-order valence-electron chi connectivity index (χ0n) is 18.9. The number of rotatable bonds is 6. The fraction of sp³-hybridized carbons (Fsp3) is 0.185. The third kappa shape index (κ3) is 4.62. The second-order valence-corrected chi connectivity index (χ2v) is 7.82. The predicted molar refractivity (Wildman–Crippen MR) is 126 cm³/mol. The SMILES string of the molecule is CCN(CC)C(=O)Oc1ccc2c(ccn2Cc2ccc(C#N)cc2)c1-c1cc(F)cc(F)c1.